The smallest absolute Gasteiger partial charge is 0.220 e. The molecule has 0 radical (unpaired) electrons. The van der Waals surface area contributed by atoms with Crippen molar-refractivity contribution < 1.29 is 14.3 Å². The minimum atomic E-state index is -0.424. The number of aryl methyl sites for hydroxylation is 2. The highest BCUT2D eigenvalue weighted by Crippen LogP contribution is 2.31. The third-order valence-electron chi connectivity index (χ3n) is 4.24. The van der Waals surface area contributed by atoms with E-state index in [1.807, 2.05) is 31.2 Å². The molecule has 5 heteroatoms. The quantitative estimate of drug-likeness (QED) is 0.762. The normalized spacial score (nSPS) is 10.8. The third kappa shape index (κ3) is 3.60. The molecule has 4 nitrogen and oxygen atoms in total. The van der Waals surface area contributed by atoms with Crippen molar-refractivity contribution in [3.8, 4) is 17.0 Å². The summed E-state index contributed by atoms with van der Waals surface area (Å²) in [5.41, 5.74) is 3.63. The lowest BCUT2D eigenvalue weighted by molar-refractivity contribution is -0.120. The molecule has 1 aromatic heterocycles. The number of carbonyl (C=O) groups is 1. The average molecular weight is 338 g/mol. The maximum Gasteiger partial charge on any atom is 0.220 e. The number of aromatic hydroxyl groups is 1. The van der Waals surface area contributed by atoms with Crippen molar-refractivity contribution in [1.82, 2.24) is 10.3 Å². The number of nitrogens with zero attached hydrogens (tertiary/aromatic N) is 1. The van der Waals surface area contributed by atoms with Crippen molar-refractivity contribution in [3.05, 3.63) is 59.4 Å². The van der Waals surface area contributed by atoms with Crippen molar-refractivity contribution in [2.45, 2.75) is 19.8 Å². The van der Waals surface area contributed by atoms with Crippen molar-refractivity contribution >= 4 is 16.8 Å². The Kier molecular flexibility index (Phi) is 4.65. The number of phenols is 1. The fraction of sp³-hybridized carbons (Fsp3) is 0.200. The second-order valence-corrected chi connectivity index (χ2v) is 6.01. The van der Waals surface area contributed by atoms with Crippen LogP contribution >= 0.6 is 0 Å². The molecular formula is C20H19FN2O2. The van der Waals surface area contributed by atoms with Crippen LogP contribution in [0.5, 0.6) is 5.75 Å². The van der Waals surface area contributed by atoms with Crippen molar-refractivity contribution in [1.29, 1.82) is 0 Å². The SMILES string of the molecule is CNC(=O)CCc1ccc2c(C)cc(-c3cc(F)ccc3O)nc2c1. The van der Waals surface area contributed by atoms with E-state index in [1.54, 1.807) is 7.05 Å². The van der Waals surface area contributed by atoms with Gasteiger partial charge in [0.2, 0.25) is 5.91 Å². The number of amides is 1. The van der Waals surface area contributed by atoms with Crippen LogP contribution in [0.2, 0.25) is 0 Å². The molecule has 128 valence electrons. The van der Waals surface area contributed by atoms with E-state index >= 15 is 0 Å². The van der Waals surface area contributed by atoms with Crippen molar-refractivity contribution in [2.75, 3.05) is 7.05 Å². The van der Waals surface area contributed by atoms with E-state index in [1.165, 1.54) is 18.2 Å². The van der Waals surface area contributed by atoms with Crippen LogP contribution in [0.15, 0.2) is 42.5 Å². The van der Waals surface area contributed by atoms with Crippen LogP contribution in [0.25, 0.3) is 22.2 Å². The summed E-state index contributed by atoms with van der Waals surface area (Å²) in [6.45, 7) is 1.95. The molecule has 0 aliphatic rings. The number of fused-ring (bicyclic) bond motifs is 1. The number of benzene rings is 2. The predicted octanol–water partition coefficient (Wildman–Crippen LogP) is 3.73. The summed E-state index contributed by atoms with van der Waals surface area (Å²) in [5.74, 6) is -0.447. The molecule has 0 aliphatic carbocycles. The summed E-state index contributed by atoms with van der Waals surface area (Å²) in [7, 11) is 1.62. The number of pyridine rings is 1. The van der Waals surface area contributed by atoms with E-state index in [0.29, 0.717) is 24.1 Å². The summed E-state index contributed by atoms with van der Waals surface area (Å²) >= 11 is 0. The van der Waals surface area contributed by atoms with Crippen LogP contribution in [-0.2, 0) is 11.2 Å². The standard InChI is InChI=1S/C20H19FN2O2/c1-12-9-17(16-11-14(21)5-7-19(16)24)23-18-10-13(3-6-15(12)18)4-8-20(25)22-2/h3,5-7,9-11,24H,4,8H2,1-2H3,(H,22,25). The number of aromatic nitrogens is 1. The summed E-state index contributed by atoms with van der Waals surface area (Å²) in [6.07, 6.45) is 1.02. The summed E-state index contributed by atoms with van der Waals surface area (Å²) < 4.78 is 13.5. The highest BCUT2D eigenvalue weighted by Gasteiger charge is 2.11. The summed E-state index contributed by atoms with van der Waals surface area (Å²) in [5, 5.41) is 13.6. The van der Waals surface area contributed by atoms with Crippen molar-refractivity contribution in [2.24, 2.45) is 0 Å². The number of rotatable bonds is 4. The zero-order chi connectivity index (χ0) is 18.0. The Hall–Kier alpha value is -2.95. The molecule has 2 N–H and O–H groups in total. The van der Waals surface area contributed by atoms with E-state index in [0.717, 1.165) is 22.0 Å². The minimum Gasteiger partial charge on any atom is -0.507 e. The molecule has 0 saturated carbocycles. The molecule has 0 bridgehead atoms. The second-order valence-electron chi connectivity index (χ2n) is 6.01. The first-order valence-corrected chi connectivity index (χ1v) is 8.07. The Morgan fingerprint density at radius 1 is 1.20 bits per heavy atom. The van der Waals surface area contributed by atoms with Crippen LogP contribution in [-0.4, -0.2) is 23.0 Å². The highest BCUT2D eigenvalue weighted by atomic mass is 19.1. The van der Waals surface area contributed by atoms with Gasteiger partial charge in [0.05, 0.1) is 11.2 Å². The number of hydrogen-bond acceptors (Lipinski definition) is 3. The molecule has 0 atom stereocenters. The van der Waals surface area contributed by atoms with E-state index < -0.39 is 5.82 Å². The molecular weight excluding hydrogens is 319 g/mol. The fourth-order valence-electron chi connectivity index (χ4n) is 2.84. The number of carbonyl (C=O) groups excluding carboxylic acids is 1. The zero-order valence-corrected chi connectivity index (χ0v) is 14.1. The van der Waals surface area contributed by atoms with Crippen molar-refractivity contribution in [3.63, 3.8) is 0 Å². The van der Waals surface area contributed by atoms with Gasteiger partial charge in [-0.15, -0.1) is 0 Å². The molecule has 0 fully saturated rings. The molecule has 1 heterocycles. The Balaban J connectivity index is 2.04. The lowest BCUT2D eigenvalue weighted by atomic mass is 10.0. The third-order valence-corrected chi connectivity index (χ3v) is 4.24. The lowest BCUT2D eigenvalue weighted by Gasteiger charge is -2.10. The van der Waals surface area contributed by atoms with Crippen LogP contribution in [0.3, 0.4) is 0 Å². The zero-order valence-electron chi connectivity index (χ0n) is 14.1. The van der Waals surface area contributed by atoms with Gasteiger partial charge in [0.15, 0.2) is 0 Å². The van der Waals surface area contributed by atoms with Gasteiger partial charge < -0.3 is 10.4 Å². The van der Waals surface area contributed by atoms with Gasteiger partial charge in [-0.25, -0.2) is 9.37 Å². The molecule has 25 heavy (non-hydrogen) atoms. The van der Waals surface area contributed by atoms with Gasteiger partial charge in [0.25, 0.3) is 0 Å². The van der Waals surface area contributed by atoms with Gasteiger partial charge in [-0.2, -0.15) is 0 Å². The maximum atomic E-state index is 13.5. The van der Waals surface area contributed by atoms with Crippen LogP contribution in [0.1, 0.15) is 17.5 Å². The fourth-order valence-corrected chi connectivity index (χ4v) is 2.84. The first-order valence-electron chi connectivity index (χ1n) is 8.07. The first-order chi connectivity index (χ1) is 12.0. The average Bonchev–Trinajstić information content (AvgIpc) is 2.61. The Labute approximate surface area is 145 Å². The Bertz CT molecular complexity index is 954. The molecule has 0 aliphatic heterocycles. The van der Waals surface area contributed by atoms with Crippen LogP contribution < -0.4 is 5.32 Å². The number of hydrogen-bond donors (Lipinski definition) is 2. The summed E-state index contributed by atoms with van der Waals surface area (Å²) in [6, 6.07) is 11.5. The van der Waals surface area contributed by atoms with E-state index in [4.69, 9.17) is 0 Å². The topological polar surface area (TPSA) is 62.2 Å². The van der Waals surface area contributed by atoms with Gasteiger partial charge >= 0.3 is 0 Å². The minimum absolute atomic E-state index is 0.0107. The van der Waals surface area contributed by atoms with Gasteiger partial charge in [0, 0.05) is 24.4 Å². The van der Waals surface area contributed by atoms with E-state index in [-0.39, 0.29) is 11.7 Å². The monoisotopic (exact) mass is 338 g/mol. The van der Waals surface area contributed by atoms with Crippen LogP contribution in [0, 0.1) is 12.7 Å². The number of halogens is 1. The van der Waals surface area contributed by atoms with Gasteiger partial charge in [0.1, 0.15) is 11.6 Å². The first kappa shape index (κ1) is 16.9. The van der Waals surface area contributed by atoms with Crippen LogP contribution in [0.4, 0.5) is 4.39 Å². The van der Waals surface area contributed by atoms with Gasteiger partial charge in [-0.3, -0.25) is 4.79 Å². The number of nitrogens with one attached hydrogen (secondary N) is 1. The lowest BCUT2D eigenvalue weighted by Crippen LogP contribution is -2.17. The maximum absolute atomic E-state index is 13.5. The molecule has 1 amide bonds. The second kappa shape index (κ2) is 6.89. The molecule has 3 rings (SSSR count). The Morgan fingerprint density at radius 3 is 2.76 bits per heavy atom. The molecule has 0 spiro atoms. The largest absolute Gasteiger partial charge is 0.507 e. The molecule has 3 aromatic rings. The molecule has 0 unspecified atom stereocenters. The molecule has 0 saturated heterocycles. The Morgan fingerprint density at radius 2 is 2.00 bits per heavy atom. The summed E-state index contributed by atoms with van der Waals surface area (Å²) in [4.78, 5) is 16.0. The van der Waals surface area contributed by atoms with Gasteiger partial charge in [-0.05, 0) is 54.8 Å². The molecule has 2 aromatic carbocycles. The van der Waals surface area contributed by atoms with E-state index in [2.05, 4.69) is 10.3 Å². The number of phenolic OH excluding ortho intramolecular Hbond substituents is 1. The van der Waals surface area contributed by atoms with E-state index in [9.17, 15) is 14.3 Å². The van der Waals surface area contributed by atoms with Gasteiger partial charge in [-0.1, -0.05) is 12.1 Å². The highest BCUT2D eigenvalue weighted by molar-refractivity contribution is 5.86. The predicted molar refractivity (Wildman–Crippen MR) is 95.9 cm³/mol.